The molecule has 0 atom stereocenters. The molecule has 1 heterocycles. The highest BCUT2D eigenvalue weighted by Crippen LogP contribution is 2.08. The van der Waals surface area contributed by atoms with Gasteiger partial charge in [0.25, 0.3) is 0 Å². The van der Waals surface area contributed by atoms with Gasteiger partial charge in [0.15, 0.2) is 5.78 Å². The Bertz CT molecular complexity index is 331. The zero-order valence-corrected chi connectivity index (χ0v) is 7.53. The highest BCUT2D eigenvalue weighted by Gasteiger charge is 2.05. The second-order valence-electron chi connectivity index (χ2n) is 2.61. The lowest BCUT2D eigenvalue weighted by Crippen LogP contribution is -2.02. The van der Waals surface area contributed by atoms with Crippen LogP contribution in [-0.4, -0.2) is 10.8 Å². The Balaban J connectivity index is 2.89. The second-order valence-corrected chi connectivity index (χ2v) is 2.61. The summed E-state index contributed by atoms with van der Waals surface area (Å²) >= 11 is 0. The smallest absolute Gasteiger partial charge is 0.189 e. The predicted octanol–water partition coefficient (Wildman–Crippen LogP) is 1.81. The molecule has 1 rings (SSSR count). The van der Waals surface area contributed by atoms with E-state index in [9.17, 15) is 4.79 Å². The van der Waals surface area contributed by atoms with Gasteiger partial charge in [-0.3, -0.25) is 4.79 Å². The lowest BCUT2D eigenvalue weighted by molar-refractivity contribution is 0.104. The number of carbonyl (C=O) groups excluding carboxylic acids is 1. The second kappa shape index (κ2) is 4.40. The molecule has 0 aliphatic carbocycles. The zero-order valence-electron chi connectivity index (χ0n) is 7.53. The van der Waals surface area contributed by atoms with Crippen LogP contribution in [0.3, 0.4) is 0 Å². The van der Waals surface area contributed by atoms with Crippen molar-refractivity contribution in [1.29, 1.82) is 0 Å². The van der Waals surface area contributed by atoms with Gasteiger partial charge in [-0.05, 0) is 24.6 Å². The average Bonchev–Trinajstić information content (AvgIpc) is 2.15. The molecule has 0 radical (unpaired) electrons. The number of nitrogen functional groups attached to an aromatic ring is 1. The fraction of sp³-hybridized carbons (Fsp3) is 0.200. The molecule has 68 valence electrons. The number of nitrogens with two attached hydrogens (primary N) is 1. The quantitative estimate of drug-likeness (QED) is 0.564. The molecule has 1 aromatic rings. The minimum Gasteiger partial charge on any atom is -0.383 e. The van der Waals surface area contributed by atoms with Gasteiger partial charge in [-0.25, -0.2) is 4.98 Å². The van der Waals surface area contributed by atoms with Crippen LogP contribution in [0.5, 0.6) is 0 Å². The Morgan fingerprint density at radius 2 is 2.46 bits per heavy atom. The summed E-state index contributed by atoms with van der Waals surface area (Å²) in [6.45, 7) is 1.97. The standard InChI is InChI=1S/C10H12N2O/c1-2-3-6-9(13)8-5-4-7-12-10(8)11/h3-7H,2H2,1H3,(H2,11,12)/b6-3+. The van der Waals surface area contributed by atoms with Crippen molar-refractivity contribution in [2.45, 2.75) is 13.3 Å². The van der Waals surface area contributed by atoms with Crippen molar-refractivity contribution in [2.24, 2.45) is 0 Å². The van der Waals surface area contributed by atoms with E-state index in [2.05, 4.69) is 4.98 Å². The van der Waals surface area contributed by atoms with Crippen molar-refractivity contribution in [1.82, 2.24) is 4.98 Å². The summed E-state index contributed by atoms with van der Waals surface area (Å²) in [5.74, 6) is 0.195. The van der Waals surface area contributed by atoms with Crippen molar-refractivity contribution in [3.8, 4) is 0 Å². The maximum atomic E-state index is 11.4. The van der Waals surface area contributed by atoms with Gasteiger partial charge in [0, 0.05) is 6.20 Å². The first kappa shape index (κ1) is 9.45. The van der Waals surface area contributed by atoms with Gasteiger partial charge in [-0.2, -0.15) is 0 Å². The molecule has 0 saturated carbocycles. The maximum Gasteiger partial charge on any atom is 0.189 e. The Hall–Kier alpha value is -1.64. The Labute approximate surface area is 77.3 Å². The fourth-order valence-electron chi connectivity index (χ4n) is 0.941. The number of hydrogen-bond acceptors (Lipinski definition) is 3. The molecular weight excluding hydrogens is 164 g/mol. The van der Waals surface area contributed by atoms with Crippen LogP contribution in [0.2, 0.25) is 0 Å². The van der Waals surface area contributed by atoms with E-state index in [1.54, 1.807) is 24.4 Å². The third-order valence-corrected chi connectivity index (χ3v) is 1.61. The van der Waals surface area contributed by atoms with E-state index in [4.69, 9.17) is 5.73 Å². The number of hydrogen-bond donors (Lipinski definition) is 1. The van der Waals surface area contributed by atoms with Gasteiger partial charge in [-0.1, -0.05) is 13.0 Å². The first-order valence-electron chi connectivity index (χ1n) is 4.17. The van der Waals surface area contributed by atoms with E-state index < -0.39 is 0 Å². The molecule has 13 heavy (non-hydrogen) atoms. The van der Waals surface area contributed by atoms with Gasteiger partial charge in [-0.15, -0.1) is 0 Å². The van der Waals surface area contributed by atoms with E-state index in [-0.39, 0.29) is 11.6 Å². The van der Waals surface area contributed by atoms with E-state index in [0.717, 1.165) is 6.42 Å². The summed E-state index contributed by atoms with van der Waals surface area (Å²) in [7, 11) is 0. The van der Waals surface area contributed by atoms with Crippen LogP contribution in [0.1, 0.15) is 23.7 Å². The largest absolute Gasteiger partial charge is 0.383 e. The molecule has 0 unspecified atom stereocenters. The molecule has 0 aromatic carbocycles. The third kappa shape index (κ3) is 2.40. The van der Waals surface area contributed by atoms with Crippen molar-refractivity contribution in [3.63, 3.8) is 0 Å². The number of pyridine rings is 1. The van der Waals surface area contributed by atoms with E-state index in [1.807, 2.05) is 6.92 Å². The lowest BCUT2D eigenvalue weighted by atomic mass is 10.1. The van der Waals surface area contributed by atoms with Crippen LogP contribution < -0.4 is 5.73 Å². The number of allylic oxidation sites excluding steroid dienone is 2. The Kier molecular flexibility index (Phi) is 3.20. The molecule has 0 aliphatic heterocycles. The number of anilines is 1. The van der Waals surface area contributed by atoms with Gasteiger partial charge >= 0.3 is 0 Å². The Morgan fingerprint density at radius 3 is 3.08 bits per heavy atom. The molecule has 1 aromatic heterocycles. The molecule has 0 bridgehead atoms. The Morgan fingerprint density at radius 1 is 1.69 bits per heavy atom. The van der Waals surface area contributed by atoms with E-state index in [1.165, 1.54) is 6.08 Å². The summed E-state index contributed by atoms with van der Waals surface area (Å²) in [5.41, 5.74) is 5.99. The van der Waals surface area contributed by atoms with Crippen molar-refractivity contribution >= 4 is 11.6 Å². The highest BCUT2D eigenvalue weighted by molar-refractivity contribution is 6.07. The number of carbonyl (C=O) groups is 1. The molecule has 0 spiro atoms. The molecule has 0 amide bonds. The third-order valence-electron chi connectivity index (χ3n) is 1.61. The molecule has 0 fully saturated rings. The van der Waals surface area contributed by atoms with Crippen LogP contribution in [0.25, 0.3) is 0 Å². The van der Waals surface area contributed by atoms with Crippen LogP contribution >= 0.6 is 0 Å². The normalized spacial score (nSPS) is 10.5. The number of rotatable bonds is 3. The summed E-state index contributed by atoms with van der Waals surface area (Å²) in [5, 5.41) is 0. The van der Waals surface area contributed by atoms with Gasteiger partial charge in [0.2, 0.25) is 0 Å². The minimum absolute atomic E-state index is 0.0903. The molecule has 0 saturated heterocycles. The summed E-state index contributed by atoms with van der Waals surface area (Å²) in [4.78, 5) is 15.2. The van der Waals surface area contributed by atoms with Crippen molar-refractivity contribution < 1.29 is 4.79 Å². The SMILES string of the molecule is CC/C=C/C(=O)c1cccnc1N. The average molecular weight is 176 g/mol. The molecular formula is C10H12N2O. The van der Waals surface area contributed by atoms with Gasteiger partial charge < -0.3 is 5.73 Å². The summed E-state index contributed by atoms with van der Waals surface area (Å²) < 4.78 is 0. The van der Waals surface area contributed by atoms with Crippen molar-refractivity contribution in [2.75, 3.05) is 5.73 Å². The monoisotopic (exact) mass is 176 g/mol. The summed E-state index contributed by atoms with van der Waals surface area (Å²) in [6.07, 6.45) is 5.73. The molecule has 3 heteroatoms. The summed E-state index contributed by atoms with van der Waals surface area (Å²) in [6, 6.07) is 3.37. The molecule has 0 aliphatic rings. The zero-order chi connectivity index (χ0) is 9.68. The van der Waals surface area contributed by atoms with Crippen LogP contribution in [-0.2, 0) is 0 Å². The number of aromatic nitrogens is 1. The fourth-order valence-corrected chi connectivity index (χ4v) is 0.941. The topological polar surface area (TPSA) is 56.0 Å². The highest BCUT2D eigenvalue weighted by atomic mass is 16.1. The van der Waals surface area contributed by atoms with Gasteiger partial charge in [0.05, 0.1) is 5.56 Å². The van der Waals surface area contributed by atoms with E-state index >= 15 is 0 Å². The van der Waals surface area contributed by atoms with E-state index in [0.29, 0.717) is 5.56 Å². The minimum atomic E-state index is -0.0903. The van der Waals surface area contributed by atoms with Crippen LogP contribution in [0.15, 0.2) is 30.5 Å². The number of ketones is 1. The van der Waals surface area contributed by atoms with Gasteiger partial charge in [0.1, 0.15) is 5.82 Å². The van der Waals surface area contributed by atoms with Crippen LogP contribution in [0, 0.1) is 0 Å². The number of nitrogens with zero attached hydrogens (tertiary/aromatic N) is 1. The predicted molar refractivity (Wildman–Crippen MR) is 52.4 cm³/mol. The van der Waals surface area contributed by atoms with Crippen molar-refractivity contribution in [3.05, 3.63) is 36.0 Å². The van der Waals surface area contributed by atoms with Crippen LogP contribution in [0.4, 0.5) is 5.82 Å². The lowest BCUT2D eigenvalue weighted by Gasteiger charge is -1.98. The first-order chi connectivity index (χ1) is 6.25. The maximum absolute atomic E-state index is 11.4. The molecule has 2 N–H and O–H groups in total. The first-order valence-corrected chi connectivity index (χ1v) is 4.17. The molecule has 3 nitrogen and oxygen atoms in total.